The molecule has 0 aliphatic carbocycles. The summed E-state index contributed by atoms with van der Waals surface area (Å²) >= 11 is 0. The lowest BCUT2D eigenvalue weighted by molar-refractivity contribution is -0.244. The van der Waals surface area contributed by atoms with Crippen molar-refractivity contribution in [2.45, 2.75) is 24.6 Å². The number of cyclic esters (lactones) is 1. The third-order valence-electron chi connectivity index (χ3n) is 3.59. The molecule has 1 aliphatic heterocycles. The SMILES string of the molecule is O=C(O)CCC1(C(F)(F)F)OC(=O)C(CO)=C1c1ccccc1. The van der Waals surface area contributed by atoms with Crippen LogP contribution >= 0.6 is 0 Å². The van der Waals surface area contributed by atoms with Crippen molar-refractivity contribution >= 4 is 17.5 Å². The van der Waals surface area contributed by atoms with Crippen molar-refractivity contribution in [3.8, 4) is 0 Å². The molecule has 2 N–H and O–H groups in total. The lowest BCUT2D eigenvalue weighted by atomic mass is 9.82. The number of alkyl halides is 3. The standard InChI is InChI=1S/C15H13F3O5/c16-15(17,18)14(7-6-11(20)21)12(9-4-2-1-3-5-9)10(8-19)13(22)23-14/h1-5,19H,6-8H2,(H,20,21). The molecular weight excluding hydrogens is 317 g/mol. The number of rotatable bonds is 5. The summed E-state index contributed by atoms with van der Waals surface area (Å²) in [6.07, 6.45) is -6.84. The first-order valence-corrected chi connectivity index (χ1v) is 6.64. The van der Waals surface area contributed by atoms with Gasteiger partial charge in [0, 0.05) is 18.4 Å². The first-order chi connectivity index (χ1) is 10.7. The number of ether oxygens (including phenoxy) is 1. The van der Waals surface area contributed by atoms with E-state index < -0.39 is 54.3 Å². The maximum atomic E-state index is 13.7. The molecule has 0 radical (unpaired) electrons. The molecule has 0 saturated heterocycles. The van der Waals surface area contributed by atoms with E-state index in [1.807, 2.05) is 0 Å². The summed E-state index contributed by atoms with van der Waals surface area (Å²) in [6, 6.07) is 7.20. The van der Waals surface area contributed by atoms with Crippen molar-refractivity contribution in [3.05, 3.63) is 41.5 Å². The maximum Gasteiger partial charge on any atom is 0.432 e. The average molecular weight is 330 g/mol. The molecule has 23 heavy (non-hydrogen) atoms. The van der Waals surface area contributed by atoms with Gasteiger partial charge in [0.1, 0.15) is 0 Å². The van der Waals surface area contributed by atoms with Crippen molar-refractivity contribution in [2.75, 3.05) is 6.61 Å². The van der Waals surface area contributed by atoms with Gasteiger partial charge in [-0.15, -0.1) is 0 Å². The van der Waals surface area contributed by atoms with Crippen LogP contribution in [0.3, 0.4) is 0 Å². The topological polar surface area (TPSA) is 83.8 Å². The van der Waals surface area contributed by atoms with E-state index in [0.29, 0.717) is 0 Å². The van der Waals surface area contributed by atoms with Crippen molar-refractivity contribution < 1.29 is 37.7 Å². The normalized spacial score (nSPS) is 21.5. The van der Waals surface area contributed by atoms with Gasteiger partial charge in [-0.25, -0.2) is 4.79 Å². The minimum atomic E-state index is -5.03. The summed E-state index contributed by atoms with van der Waals surface area (Å²) < 4.78 is 45.7. The smallest absolute Gasteiger partial charge is 0.432 e. The van der Waals surface area contributed by atoms with E-state index in [9.17, 15) is 27.9 Å². The van der Waals surface area contributed by atoms with E-state index in [0.717, 1.165) is 0 Å². The summed E-state index contributed by atoms with van der Waals surface area (Å²) in [5.74, 6) is -2.75. The third-order valence-corrected chi connectivity index (χ3v) is 3.59. The van der Waals surface area contributed by atoms with Gasteiger partial charge >= 0.3 is 18.1 Å². The number of aliphatic hydroxyl groups excluding tert-OH is 1. The van der Waals surface area contributed by atoms with Crippen molar-refractivity contribution in [1.29, 1.82) is 0 Å². The van der Waals surface area contributed by atoms with Crippen LogP contribution in [0.15, 0.2) is 35.9 Å². The summed E-state index contributed by atoms with van der Waals surface area (Å²) in [5.41, 5.74) is -4.08. The zero-order valence-corrected chi connectivity index (χ0v) is 11.8. The number of aliphatic hydroxyl groups is 1. The number of aliphatic carboxylic acids is 1. The molecule has 0 spiro atoms. The number of hydrogen-bond donors (Lipinski definition) is 2. The van der Waals surface area contributed by atoms with Gasteiger partial charge in [0.2, 0.25) is 5.60 Å². The molecule has 0 fully saturated rings. The van der Waals surface area contributed by atoms with Crippen LogP contribution in [0.1, 0.15) is 18.4 Å². The van der Waals surface area contributed by atoms with E-state index in [2.05, 4.69) is 4.74 Å². The Bertz CT molecular complexity index is 651. The fourth-order valence-electron chi connectivity index (χ4n) is 2.57. The molecule has 0 amide bonds. The van der Waals surface area contributed by atoms with Gasteiger partial charge in [-0.2, -0.15) is 13.2 Å². The molecule has 5 nitrogen and oxygen atoms in total. The molecule has 1 atom stereocenters. The largest absolute Gasteiger partial charge is 0.481 e. The Morgan fingerprint density at radius 1 is 1.22 bits per heavy atom. The van der Waals surface area contributed by atoms with Gasteiger partial charge in [-0.05, 0) is 5.56 Å². The molecule has 1 aromatic carbocycles. The van der Waals surface area contributed by atoms with E-state index >= 15 is 0 Å². The highest BCUT2D eigenvalue weighted by Crippen LogP contribution is 2.51. The van der Waals surface area contributed by atoms with Crippen molar-refractivity contribution in [3.63, 3.8) is 0 Å². The number of benzene rings is 1. The Balaban J connectivity index is 2.67. The maximum absolute atomic E-state index is 13.7. The summed E-state index contributed by atoms with van der Waals surface area (Å²) in [7, 11) is 0. The van der Waals surface area contributed by atoms with E-state index in [4.69, 9.17) is 5.11 Å². The summed E-state index contributed by atoms with van der Waals surface area (Å²) in [5, 5.41) is 18.0. The zero-order valence-electron chi connectivity index (χ0n) is 11.8. The highest BCUT2D eigenvalue weighted by atomic mass is 19.4. The first kappa shape index (κ1) is 17.0. The fraction of sp³-hybridized carbons (Fsp3) is 0.333. The first-order valence-electron chi connectivity index (χ1n) is 6.64. The van der Waals surface area contributed by atoms with Gasteiger partial charge in [-0.1, -0.05) is 30.3 Å². The molecule has 124 valence electrons. The zero-order chi connectivity index (χ0) is 17.3. The molecule has 1 aromatic rings. The third kappa shape index (κ3) is 2.94. The molecule has 0 bridgehead atoms. The minimum Gasteiger partial charge on any atom is -0.481 e. The van der Waals surface area contributed by atoms with E-state index in [-0.39, 0.29) is 5.56 Å². The molecular formula is C15H13F3O5. The Labute approximate surface area is 129 Å². The second kappa shape index (κ2) is 6.04. The van der Waals surface area contributed by atoms with Crippen LogP contribution in [0, 0.1) is 0 Å². The quantitative estimate of drug-likeness (QED) is 0.808. The van der Waals surface area contributed by atoms with Crippen LogP contribution < -0.4 is 0 Å². The molecule has 1 heterocycles. The molecule has 2 rings (SSSR count). The Morgan fingerprint density at radius 3 is 2.30 bits per heavy atom. The molecule has 1 unspecified atom stereocenters. The second-order valence-electron chi connectivity index (χ2n) is 4.99. The predicted octanol–water partition coefficient (Wildman–Crippen LogP) is 2.16. The number of halogens is 3. The minimum absolute atomic E-state index is 0.0464. The molecule has 8 heteroatoms. The van der Waals surface area contributed by atoms with Gasteiger partial charge in [0.05, 0.1) is 12.2 Å². The average Bonchev–Trinajstić information content (AvgIpc) is 2.78. The number of hydrogen-bond acceptors (Lipinski definition) is 4. The predicted molar refractivity (Wildman–Crippen MR) is 72.2 cm³/mol. The highest BCUT2D eigenvalue weighted by molar-refractivity contribution is 6.05. The molecule has 1 aliphatic rings. The van der Waals surface area contributed by atoms with Crippen LogP contribution in [-0.4, -0.2) is 40.5 Å². The van der Waals surface area contributed by atoms with Crippen LogP contribution in [-0.2, 0) is 14.3 Å². The van der Waals surface area contributed by atoms with E-state index in [1.165, 1.54) is 24.3 Å². The Hall–Kier alpha value is -2.35. The lowest BCUT2D eigenvalue weighted by Crippen LogP contribution is -2.47. The van der Waals surface area contributed by atoms with Crippen molar-refractivity contribution in [2.24, 2.45) is 0 Å². The Kier molecular flexibility index (Phi) is 4.46. The van der Waals surface area contributed by atoms with E-state index in [1.54, 1.807) is 6.07 Å². The number of carboxylic acid groups (broad SMARTS) is 1. The van der Waals surface area contributed by atoms with Crippen LogP contribution in [0.25, 0.3) is 5.57 Å². The van der Waals surface area contributed by atoms with Crippen LogP contribution in [0.2, 0.25) is 0 Å². The van der Waals surface area contributed by atoms with Gasteiger partial charge in [-0.3, -0.25) is 4.79 Å². The highest BCUT2D eigenvalue weighted by Gasteiger charge is 2.64. The number of carboxylic acids is 1. The fourth-order valence-corrected chi connectivity index (χ4v) is 2.57. The van der Waals surface area contributed by atoms with Gasteiger partial charge < -0.3 is 14.9 Å². The van der Waals surface area contributed by atoms with Crippen LogP contribution in [0.5, 0.6) is 0 Å². The molecule has 0 saturated carbocycles. The number of carbonyl (C=O) groups is 2. The summed E-state index contributed by atoms with van der Waals surface area (Å²) in [4.78, 5) is 22.5. The monoisotopic (exact) mass is 330 g/mol. The van der Waals surface area contributed by atoms with Crippen LogP contribution in [0.4, 0.5) is 13.2 Å². The summed E-state index contributed by atoms with van der Waals surface area (Å²) in [6.45, 7) is -0.937. The Morgan fingerprint density at radius 2 is 1.83 bits per heavy atom. The lowest BCUT2D eigenvalue weighted by Gasteiger charge is -2.33. The van der Waals surface area contributed by atoms with Crippen molar-refractivity contribution in [1.82, 2.24) is 0 Å². The van der Waals surface area contributed by atoms with Gasteiger partial charge in [0.25, 0.3) is 0 Å². The second-order valence-corrected chi connectivity index (χ2v) is 4.99. The number of carbonyl (C=O) groups excluding carboxylic acids is 1. The number of esters is 1. The molecule has 0 aromatic heterocycles. The van der Waals surface area contributed by atoms with Gasteiger partial charge in [0.15, 0.2) is 0 Å².